The number of rotatable bonds is 0. The fourth-order valence-corrected chi connectivity index (χ4v) is 0.655. The molecule has 1 aliphatic rings. The highest BCUT2D eigenvalue weighted by molar-refractivity contribution is 4.94. The van der Waals surface area contributed by atoms with Gasteiger partial charge in [-0.15, -0.1) is 0 Å². The van der Waals surface area contributed by atoms with Crippen LogP contribution < -0.4 is 11.1 Å². The van der Waals surface area contributed by atoms with E-state index in [1.807, 2.05) is 0 Å². The van der Waals surface area contributed by atoms with Crippen LogP contribution >= 0.6 is 0 Å². The summed E-state index contributed by atoms with van der Waals surface area (Å²) in [6.45, 7) is 0. The van der Waals surface area contributed by atoms with E-state index in [0.29, 0.717) is 0 Å². The van der Waals surface area contributed by atoms with Crippen LogP contribution in [0.1, 0.15) is 0 Å². The van der Waals surface area contributed by atoms with Crippen molar-refractivity contribution < 1.29 is 5.11 Å². The molecular formula is C5H11N3O. The smallest absolute Gasteiger partial charge is 0.184 e. The molecule has 1 aliphatic heterocycles. The average Bonchev–Trinajstić information content (AvgIpc) is 1.80. The third-order valence-electron chi connectivity index (χ3n) is 1.26. The van der Waals surface area contributed by atoms with Gasteiger partial charge in [0.2, 0.25) is 0 Å². The second kappa shape index (κ2) is 2.34. The predicted octanol–water partition coefficient (Wildman–Crippen LogP) is -1.40. The molecule has 0 radical (unpaired) electrons. The van der Waals surface area contributed by atoms with Crippen LogP contribution in [-0.4, -0.2) is 29.6 Å². The van der Waals surface area contributed by atoms with Crippen LogP contribution in [0.3, 0.4) is 0 Å². The largest absolute Gasteiger partial charge is 0.361 e. The van der Waals surface area contributed by atoms with Gasteiger partial charge < -0.3 is 15.7 Å². The van der Waals surface area contributed by atoms with Crippen LogP contribution in [-0.2, 0) is 0 Å². The summed E-state index contributed by atoms with van der Waals surface area (Å²) in [4.78, 5) is 1.63. The standard InChI is InChI=1S/C5H11N3O/c1-8-3-2-4(6)7-5(8)9/h2-5,7,9H,6H2,1H3. The zero-order valence-corrected chi connectivity index (χ0v) is 5.28. The number of aliphatic hydroxyl groups excluding tert-OH is 1. The maximum atomic E-state index is 9.03. The van der Waals surface area contributed by atoms with Gasteiger partial charge in [0.1, 0.15) is 0 Å². The fourth-order valence-electron chi connectivity index (χ4n) is 0.655. The third-order valence-corrected chi connectivity index (χ3v) is 1.26. The summed E-state index contributed by atoms with van der Waals surface area (Å²) in [6, 6.07) is 0. The zero-order chi connectivity index (χ0) is 6.85. The second-order valence-corrected chi connectivity index (χ2v) is 2.07. The van der Waals surface area contributed by atoms with Crippen molar-refractivity contribution in [3.63, 3.8) is 0 Å². The Bertz CT molecular complexity index is 125. The summed E-state index contributed by atoms with van der Waals surface area (Å²) < 4.78 is 0. The van der Waals surface area contributed by atoms with Crippen molar-refractivity contribution in [2.24, 2.45) is 5.73 Å². The molecule has 0 bridgehead atoms. The number of hydrogen-bond donors (Lipinski definition) is 3. The molecule has 2 unspecified atom stereocenters. The molecule has 0 aromatic rings. The topological polar surface area (TPSA) is 61.5 Å². The molecule has 2 atom stereocenters. The van der Waals surface area contributed by atoms with E-state index in [2.05, 4.69) is 5.32 Å². The van der Waals surface area contributed by atoms with E-state index in [1.165, 1.54) is 0 Å². The highest BCUT2D eigenvalue weighted by Gasteiger charge is 2.13. The number of nitrogens with zero attached hydrogens (tertiary/aromatic N) is 1. The monoisotopic (exact) mass is 129 g/mol. The Morgan fingerprint density at radius 1 is 1.78 bits per heavy atom. The Hall–Kier alpha value is -0.580. The molecule has 0 aromatic heterocycles. The van der Waals surface area contributed by atoms with E-state index in [4.69, 9.17) is 10.8 Å². The van der Waals surface area contributed by atoms with Crippen LogP contribution in [0.5, 0.6) is 0 Å². The Balaban J connectivity index is 2.54. The van der Waals surface area contributed by atoms with Gasteiger partial charge in [-0.25, -0.2) is 0 Å². The molecule has 52 valence electrons. The lowest BCUT2D eigenvalue weighted by molar-refractivity contribution is 0.0107. The van der Waals surface area contributed by atoms with Gasteiger partial charge in [-0.05, 0) is 6.08 Å². The van der Waals surface area contributed by atoms with Crippen LogP contribution in [0.25, 0.3) is 0 Å². The van der Waals surface area contributed by atoms with E-state index < -0.39 is 6.35 Å². The van der Waals surface area contributed by atoms with Crippen molar-refractivity contribution in [1.29, 1.82) is 0 Å². The van der Waals surface area contributed by atoms with Crippen LogP contribution in [0.4, 0.5) is 0 Å². The molecule has 4 heteroatoms. The van der Waals surface area contributed by atoms with Crippen molar-refractivity contribution in [2.75, 3.05) is 7.05 Å². The summed E-state index contributed by atoms with van der Waals surface area (Å²) >= 11 is 0. The normalized spacial score (nSPS) is 35.2. The van der Waals surface area contributed by atoms with Gasteiger partial charge in [0.25, 0.3) is 0 Å². The quantitative estimate of drug-likeness (QED) is 0.376. The lowest BCUT2D eigenvalue weighted by Crippen LogP contribution is -2.52. The molecule has 1 rings (SSSR count). The minimum atomic E-state index is -0.648. The number of nitrogens with one attached hydrogen (secondary N) is 1. The van der Waals surface area contributed by atoms with Gasteiger partial charge in [-0.1, -0.05) is 0 Å². The van der Waals surface area contributed by atoms with Crippen LogP contribution in [0.15, 0.2) is 12.3 Å². The third kappa shape index (κ3) is 1.41. The summed E-state index contributed by atoms with van der Waals surface area (Å²) in [5.41, 5.74) is 5.40. The first-order valence-electron chi connectivity index (χ1n) is 2.80. The average molecular weight is 129 g/mol. The Kier molecular flexibility index (Phi) is 1.70. The van der Waals surface area contributed by atoms with Crippen molar-refractivity contribution in [3.8, 4) is 0 Å². The predicted molar refractivity (Wildman–Crippen MR) is 34.0 cm³/mol. The van der Waals surface area contributed by atoms with E-state index in [0.717, 1.165) is 0 Å². The number of hydrogen-bond acceptors (Lipinski definition) is 4. The van der Waals surface area contributed by atoms with Gasteiger partial charge in [-0.3, -0.25) is 5.32 Å². The van der Waals surface area contributed by atoms with Crippen molar-refractivity contribution in [2.45, 2.75) is 12.5 Å². The molecule has 0 saturated heterocycles. The van der Waals surface area contributed by atoms with Crippen molar-refractivity contribution in [1.82, 2.24) is 10.2 Å². The van der Waals surface area contributed by atoms with E-state index in [1.54, 1.807) is 24.2 Å². The van der Waals surface area contributed by atoms with E-state index in [9.17, 15) is 0 Å². The van der Waals surface area contributed by atoms with Gasteiger partial charge in [0.15, 0.2) is 6.35 Å². The molecule has 0 spiro atoms. The highest BCUT2D eigenvalue weighted by Crippen LogP contribution is 1.96. The summed E-state index contributed by atoms with van der Waals surface area (Å²) in [6.07, 6.45) is 2.64. The minimum Gasteiger partial charge on any atom is -0.361 e. The maximum absolute atomic E-state index is 9.03. The fraction of sp³-hybridized carbons (Fsp3) is 0.600. The van der Waals surface area contributed by atoms with Crippen LogP contribution in [0, 0.1) is 0 Å². The molecule has 4 N–H and O–H groups in total. The summed E-state index contributed by atoms with van der Waals surface area (Å²) in [5, 5.41) is 11.7. The maximum Gasteiger partial charge on any atom is 0.184 e. The first-order valence-corrected chi connectivity index (χ1v) is 2.80. The zero-order valence-electron chi connectivity index (χ0n) is 5.28. The molecule has 9 heavy (non-hydrogen) atoms. The van der Waals surface area contributed by atoms with E-state index in [-0.39, 0.29) is 6.17 Å². The lowest BCUT2D eigenvalue weighted by Gasteiger charge is -2.29. The molecule has 0 saturated carbocycles. The highest BCUT2D eigenvalue weighted by atomic mass is 16.3. The van der Waals surface area contributed by atoms with Gasteiger partial charge >= 0.3 is 0 Å². The second-order valence-electron chi connectivity index (χ2n) is 2.07. The van der Waals surface area contributed by atoms with E-state index >= 15 is 0 Å². The van der Waals surface area contributed by atoms with Gasteiger partial charge in [-0.2, -0.15) is 0 Å². The number of aliphatic hydroxyl groups is 1. The van der Waals surface area contributed by atoms with Gasteiger partial charge in [0, 0.05) is 13.2 Å². The van der Waals surface area contributed by atoms with Crippen LogP contribution in [0.2, 0.25) is 0 Å². The van der Waals surface area contributed by atoms with Crippen molar-refractivity contribution in [3.05, 3.63) is 12.3 Å². The first kappa shape index (κ1) is 6.54. The molecular weight excluding hydrogens is 118 g/mol. The van der Waals surface area contributed by atoms with Gasteiger partial charge in [0.05, 0.1) is 6.17 Å². The molecule has 0 amide bonds. The molecule has 0 aliphatic carbocycles. The Morgan fingerprint density at radius 3 is 2.89 bits per heavy atom. The lowest BCUT2D eigenvalue weighted by atomic mass is 10.4. The summed E-state index contributed by atoms with van der Waals surface area (Å²) in [5.74, 6) is 0. The van der Waals surface area contributed by atoms with Crippen molar-refractivity contribution >= 4 is 0 Å². The molecule has 1 heterocycles. The SMILES string of the molecule is CN1C=CC(N)NC1O. The molecule has 4 nitrogen and oxygen atoms in total. The summed E-state index contributed by atoms with van der Waals surface area (Å²) in [7, 11) is 1.76. The molecule has 0 aromatic carbocycles. The molecule has 0 fully saturated rings. The Morgan fingerprint density at radius 2 is 2.44 bits per heavy atom. The Labute approximate surface area is 53.9 Å². The minimum absolute atomic E-state index is 0.226. The number of nitrogens with two attached hydrogens (primary N) is 1. The first-order chi connectivity index (χ1) is 4.20.